The molecule has 110 valence electrons. The van der Waals surface area contributed by atoms with Crippen LogP contribution in [0.25, 0.3) is 22.6 Å². The zero-order chi connectivity index (χ0) is 15.4. The van der Waals surface area contributed by atoms with Crippen molar-refractivity contribution in [2.45, 2.75) is 12.8 Å². The number of carboxylic acid groups (broad SMARTS) is 1. The molecular weight excluding hydrogens is 317 g/mol. The van der Waals surface area contributed by atoms with E-state index in [1.165, 1.54) is 0 Å². The maximum atomic E-state index is 10.7. The van der Waals surface area contributed by atoms with Gasteiger partial charge in [-0.2, -0.15) is 0 Å². The third kappa shape index (κ3) is 4.62. The Morgan fingerprint density at radius 2 is 1.52 bits per heavy atom. The van der Waals surface area contributed by atoms with Crippen molar-refractivity contribution in [1.29, 1.82) is 0 Å². The quantitative estimate of drug-likeness (QED) is 0.709. The summed E-state index contributed by atoms with van der Waals surface area (Å²) >= 11 is 0. The number of hydrogen-bond donors (Lipinski definition) is 1. The summed E-state index contributed by atoms with van der Waals surface area (Å²) < 4.78 is 5.83. The van der Waals surface area contributed by atoms with E-state index in [1.54, 1.807) is 0 Å². The number of hydrogen-bond acceptors (Lipinski definition) is 3. The molecule has 5 heteroatoms. The van der Waals surface area contributed by atoms with Crippen molar-refractivity contribution < 1.29 is 65.7 Å². The molecule has 0 radical (unpaired) electrons. The Bertz CT molecular complexity index is 712. The summed E-state index contributed by atoms with van der Waals surface area (Å²) in [5.74, 6) is 0.257. The molecule has 0 saturated heterocycles. The van der Waals surface area contributed by atoms with Gasteiger partial charge in [0, 0.05) is 17.5 Å². The molecule has 3 aromatic rings. The number of carbonyl (C=O) groups is 1. The molecule has 2 aromatic carbocycles. The fraction of sp³-hybridized carbons (Fsp3) is 0.111. The van der Waals surface area contributed by atoms with Crippen molar-refractivity contribution in [2.75, 3.05) is 0 Å². The number of aromatic nitrogens is 1. The van der Waals surface area contributed by atoms with Gasteiger partial charge in [-0.25, -0.2) is 4.98 Å². The Hall–Kier alpha value is -1.24. The Balaban J connectivity index is 0.00000192. The molecule has 0 saturated carbocycles. The number of carboxylic acids is 1. The molecule has 4 nitrogen and oxygen atoms in total. The zero-order valence-electron chi connectivity index (χ0n) is 12.9. The molecule has 0 atom stereocenters. The van der Waals surface area contributed by atoms with Crippen LogP contribution in [-0.4, -0.2) is 16.1 Å². The number of rotatable bonds is 5. The maximum Gasteiger partial charge on any atom is 1.00 e. The molecule has 1 heterocycles. The Kier molecular flexibility index (Phi) is 6.74. The molecular formula is C18H15KNO3+. The van der Waals surface area contributed by atoms with E-state index in [-0.39, 0.29) is 64.2 Å². The van der Waals surface area contributed by atoms with Gasteiger partial charge >= 0.3 is 57.4 Å². The second-order valence-corrected chi connectivity index (χ2v) is 4.91. The smallest absolute Gasteiger partial charge is 0.481 e. The van der Waals surface area contributed by atoms with Gasteiger partial charge in [-0.15, -0.1) is 0 Å². The van der Waals surface area contributed by atoms with E-state index in [0.29, 0.717) is 11.7 Å². The van der Waals surface area contributed by atoms with Crippen LogP contribution in [0, 0.1) is 0 Å². The first-order valence-corrected chi connectivity index (χ1v) is 7.06. The predicted octanol–water partition coefficient (Wildman–Crippen LogP) is 1.03. The number of aliphatic carboxylic acids is 1. The second kappa shape index (κ2) is 8.56. The van der Waals surface area contributed by atoms with Gasteiger partial charge in [0.1, 0.15) is 5.69 Å². The van der Waals surface area contributed by atoms with Gasteiger partial charge in [-0.3, -0.25) is 4.79 Å². The molecule has 1 aromatic heterocycles. The molecule has 0 fully saturated rings. The monoisotopic (exact) mass is 332 g/mol. The summed E-state index contributed by atoms with van der Waals surface area (Å²) in [6, 6.07) is 19.5. The predicted molar refractivity (Wildman–Crippen MR) is 83.3 cm³/mol. The summed E-state index contributed by atoms with van der Waals surface area (Å²) in [5.41, 5.74) is 2.62. The third-order valence-corrected chi connectivity index (χ3v) is 3.31. The summed E-state index contributed by atoms with van der Waals surface area (Å²) in [4.78, 5) is 15.2. The van der Waals surface area contributed by atoms with Gasteiger partial charge in [0.05, 0.1) is 6.42 Å². The molecule has 1 N–H and O–H groups in total. The minimum atomic E-state index is -0.860. The van der Waals surface area contributed by atoms with Crippen LogP contribution in [0.3, 0.4) is 0 Å². The molecule has 3 rings (SSSR count). The fourth-order valence-corrected chi connectivity index (χ4v) is 2.26. The van der Waals surface area contributed by atoms with Crippen molar-refractivity contribution >= 4 is 5.97 Å². The van der Waals surface area contributed by atoms with E-state index in [1.807, 2.05) is 60.7 Å². The summed E-state index contributed by atoms with van der Waals surface area (Å²) in [5, 5.41) is 8.82. The molecule has 0 unspecified atom stereocenters. The average molecular weight is 332 g/mol. The Labute approximate surface area is 177 Å². The van der Waals surface area contributed by atoms with Crippen molar-refractivity contribution in [2.24, 2.45) is 0 Å². The first-order valence-electron chi connectivity index (χ1n) is 7.06. The molecule has 0 aliphatic rings. The topological polar surface area (TPSA) is 63.3 Å². The zero-order valence-corrected chi connectivity index (χ0v) is 16.0. The first-order chi connectivity index (χ1) is 10.7. The van der Waals surface area contributed by atoms with E-state index in [2.05, 4.69) is 4.98 Å². The molecule has 0 amide bonds. The van der Waals surface area contributed by atoms with Crippen LogP contribution in [0.15, 0.2) is 65.1 Å². The van der Waals surface area contributed by atoms with Crippen LogP contribution >= 0.6 is 0 Å². The van der Waals surface area contributed by atoms with E-state index >= 15 is 0 Å². The summed E-state index contributed by atoms with van der Waals surface area (Å²) in [6.07, 6.45) is 0.283. The number of nitrogens with zero attached hydrogens (tertiary/aromatic N) is 1. The van der Waals surface area contributed by atoms with Crippen LogP contribution in [0.4, 0.5) is 0 Å². The minimum Gasteiger partial charge on any atom is -0.481 e. The number of aryl methyl sites for hydroxylation is 1. The minimum absolute atomic E-state index is 0. The van der Waals surface area contributed by atoms with Crippen molar-refractivity contribution in [3.63, 3.8) is 0 Å². The van der Waals surface area contributed by atoms with Crippen LogP contribution in [-0.2, 0) is 11.2 Å². The van der Waals surface area contributed by atoms with Crippen molar-refractivity contribution in [3.05, 3.63) is 66.6 Å². The second-order valence-electron chi connectivity index (χ2n) is 4.91. The van der Waals surface area contributed by atoms with Crippen LogP contribution < -0.4 is 51.4 Å². The van der Waals surface area contributed by atoms with Gasteiger partial charge in [0.25, 0.3) is 0 Å². The summed E-state index contributed by atoms with van der Waals surface area (Å²) in [7, 11) is 0. The molecule has 0 aliphatic carbocycles. The van der Waals surface area contributed by atoms with E-state index in [9.17, 15) is 4.79 Å². The molecule has 0 spiro atoms. The Morgan fingerprint density at radius 3 is 2.09 bits per heavy atom. The Morgan fingerprint density at radius 1 is 0.957 bits per heavy atom. The molecule has 23 heavy (non-hydrogen) atoms. The van der Waals surface area contributed by atoms with Crippen LogP contribution in [0.5, 0.6) is 0 Å². The van der Waals surface area contributed by atoms with Crippen molar-refractivity contribution in [1.82, 2.24) is 4.98 Å². The van der Waals surface area contributed by atoms with Gasteiger partial charge < -0.3 is 9.52 Å². The van der Waals surface area contributed by atoms with E-state index in [0.717, 1.165) is 16.8 Å². The van der Waals surface area contributed by atoms with E-state index < -0.39 is 5.97 Å². The number of oxazole rings is 1. The SMILES string of the molecule is O=C(O)CCc1nc(-c2ccccc2)c(-c2ccccc2)o1.[K+]. The van der Waals surface area contributed by atoms with Crippen LogP contribution in [0.1, 0.15) is 12.3 Å². The normalized spacial score (nSPS) is 10.1. The first kappa shape index (κ1) is 18.1. The van der Waals surface area contributed by atoms with Gasteiger partial charge in [-0.05, 0) is 0 Å². The standard InChI is InChI=1S/C18H15NO3.K/c20-16(21)12-11-15-19-17(13-7-3-1-4-8-13)18(22-15)14-9-5-2-6-10-14;/h1-10H,11-12H2,(H,20,21);/q;+1. The molecule has 0 bridgehead atoms. The largest absolute Gasteiger partial charge is 1.00 e. The summed E-state index contributed by atoms with van der Waals surface area (Å²) in [6.45, 7) is 0. The molecule has 0 aliphatic heterocycles. The van der Waals surface area contributed by atoms with Gasteiger partial charge in [0.15, 0.2) is 11.7 Å². The average Bonchev–Trinajstić information content (AvgIpc) is 2.99. The van der Waals surface area contributed by atoms with Crippen molar-refractivity contribution in [3.8, 4) is 22.6 Å². The maximum absolute atomic E-state index is 10.7. The van der Waals surface area contributed by atoms with Crippen LogP contribution in [0.2, 0.25) is 0 Å². The van der Waals surface area contributed by atoms with Gasteiger partial charge in [0.2, 0.25) is 0 Å². The number of benzene rings is 2. The van der Waals surface area contributed by atoms with E-state index in [4.69, 9.17) is 9.52 Å². The fourth-order valence-electron chi connectivity index (χ4n) is 2.26. The third-order valence-electron chi connectivity index (χ3n) is 3.31. The van der Waals surface area contributed by atoms with Gasteiger partial charge in [-0.1, -0.05) is 60.7 Å².